The topological polar surface area (TPSA) is 93.4 Å². The molecule has 0 amide bonds. The zero-order chi connectivity index (χ0) is 21.4. The van der Waals surface area contributed by atoms with Gasteiger partial charge in [0.25, 0.3) is 0 Å². The van der Waals surface area contributed by atoms with E-state index in [1.807, 2.05) is 24.5 Å². The maximum absolute atomic E-state index is 12.4. The number of hydrogen-bond donors (Lipinski definition) is 1. The minimum atomic E-state index is -0.428. The number of likely N-dealkylation sites (tertiary alicyclic amines) is 1. The van der Waals surface area contributed by atoms with Crippen LogP contribution < -0.4 is 5.43 Å². The monoisotopic (exact) mass is 420 g/mol. The molecule has 5 rings (SSSR count). The first kappa shape index (κ1) is 19.6. The van der Waals surface area contributed by atoms with E-state index in [0.717, 1.165) is 48.2 Å². The number of aromatic nitrogens is 3. The molecule has 0 bridgehead atoms. The van der Waals surface area contributed by atoms with Crippen LogP contribution in [0.3, 0.4) is 0 Å². The zero-order valence-electron chi connectivity index (χ0n) is 17.3. The highest BCUT2D eigenvalue weighted by molar-refractivity contribution is 6.02. The summed E-state index contributed by atoms with van der Waals surface area (Å²) >= 11 is 0. The Bertz CT molecular complexity index is 1290. The molecule has 1 N–H and O–H groups in total. The molecule has 8 heteroatoms. The van der Waals surface area contributed by atoms with Gasteiger partial charge in [-0.3, -0.25) is 9.69 Å². The van der Waals surface area contributed by atoms with Crippen LogP contribution in [0, 0.1) is 0 Å². The summed E-state index contributed by atoms with van der Waals surface area (Å²) in [5.74, 6) is 0.578. The van der Waals surface area contributed by atoms with Crippen molar-refractivity contribution in [2.24, 2.45) is 0 Å². The predicted octanol–water partition coefficient (Wildman–Crippen LogP) is 3.48. The third-order valence-electron chi connectivity index (χ3n) is 5.94. The van der Waals surface area contributed by atoms with E-state index in [2.05, 4.69) is 19.4 Å². The molecule has 1 aliphatic rings. The number of hydrogen-bond acceptors (Lipinski definition) is 6. The van der Waals surface area contributed by atoms with E-state index in [-0.39, 0.29) is 11.2 Å². The van der Waals surface area contributed by atoms with Crippen molar-refractivity contribution in [1.82, 2.24) is 19.4 Å². The van der Waals surface area contributed by atoms with Gasteiger partial charge in [-0.05, 0) is 38.0 Å². The van der Waals surface area contributed by atoms with Crippen LogP contribution in [0.1, 0.15) is 42.1 Å². The Hall–Kier alpha value is -3.39. The first-order valence-corrected chi connectivity index (χ1v) is 10.6. The van der Waals surface area contributed by atoms with E-state index >= 15 is 0 Å². The van der Waals surface area contributed by atoms with Crippen LogP contribution in [0.2, 0.25) is 0 Å². The molecular formula is C23H24N4O4. The number of H-pyrrole nitrogens is 1. The summed E-state index contributed by atoms with van der Waals surface area (Å²) in [5, 5.41) is 1.62. The standard InChI is InChI=1S/C23H24N4O4/c1-2-30-23(29)20-4-3-16(31-20)14-26-10-6-15(7-11-26)27-12-8-19(28)18-13-25-22-17(21(18)27)5-9-24-22/h3-5,8-9,12-13,15H,2,6-7,10-11,14H2,1H3,(H,24,25). The summed E-state index contributed by atoms with van der Waals surface area (Å²) in [6.07, 6.45) is 7.35. The van der Waals surface area contributed by atoms with Crippen LogP contribution in [0.15, 0.2) is 52.1 Å². The number of fused-ring (bicyclic) bond motifs is 3. The summed E-state index contributed by atoms with van der Waals surface area (Å²) in [6, 6.07) is 7.42. The molecule has 31 heavy (non-hydrogen) atoms. The molecule has 0 aromatic carbocycles. The third-order valence-corrected chi connectivity index (χ3v) is 5.94. The van der Waals surface area contributed by atoms with E-state index in [0.29, 0.717) is 24.6 Å². The van der Waals surface area contributed by atoms with Crippen LogP contribution in [-0.4, -0.2) is 45.1 Å². The Balaban J connectivity index is 1.33. The number of rotatable bonds is 5. The van der Waals surface area contributed by atoms with Crippen LogP contribution >= 0.6 is 0 Å². The Labute approximate surface area is 178 Å². The number of nitrogens with zero attached hydrogens (tertiary/aromatic N) is 3. The SMILES string of the molecule is CCOC(=O)c1ccc(CN2CCC(n3ccc(=O)c4cnc5[nH]ccc5c43)CC2)o1. The maximum Gasteiger partial charge on any atom is 0.374 e. The maximum atomic E-state index is 12.4. The quantitative estimate of drug-likeness (QED) is 0.497. The van der Waals surface area contributed by atoms with Gasteiger partial charge in [0, 0.05) is 49.2 Å². The van der Waals surface area contributed by atoms with Gasteiger partial charge in [-0.1, -0.05) is 0 Å². The third kappa shape index (κ3) is 3.63. The average Bonchev–Trinajstić information content (AvgIpc) is 3.44. The highest BCUT2D eigenvalue weighted by atomic mass is 16.5. The summed E-state index contributed by atoms with van der Waals surface area (Å²) in [7, 11) is 0. The van der Waals surface area contributed by atoms with Gasteiger partial charge >= 0.3 is 5.97 Å². The number of pyridine rings is 2. The smallest absolute Gasteiger partial charge is 0.374 e. The van der Waals surface area contributed by atoms with Gasteiger partial charge in [-0.25, -0.2) is 9.78 Å². The largest absolute Gasteiger partial charge is 0.460 e. The van der Waals surface area contributed by atoms with Crippen molar-refractivity contribution in [2.45, 2.75) is 32.4 Å². The molecule has 1 aliphatic heterocycles. The average molecular weight is 420 g/mol. The summed E-state index contributed by atoms with van der Waals surface area (Å²) in [6.45, 7) is 4.55. The molecule has 0 spiro atoms. The lowest BCUT2D eigenvalue weighted by Gasteiger charge is -2.33. The molecule has 0 radical (unpaired) electrons. The number of piperidine rings is 1. The number of carbonyl (C=O) groups excluding carboxylic acids is 1. The van der Waals surface area contributed by atoms with Crippen molar-refractivity contribution in [2.75, 3.05) is 19.7 Å². The number of aromatic amines is 1. The first-order chi connectivity index (χ1) is 15.1. The van der Waals surface area contributed by atoms with Crippen molar-refractivity contribution < 1.29 is 13.9 Å². The van der Waals surface area contributed by atoms with E-state index in [4.69, 9.17) is 9.15 Å². The van der Waals surface area contributed by atoms with Gasteiger partial charge in [0.05, 0.1) is 24.1 Å². The van der Waals surface area contributed by atoms with Crippen molar-refractivity contribution in [3.63, 3.8) is 0 Å². The van der Waals surface area contributed by atoms with E-state index in [1.165, 1.54) is 0 Å². The van der Waals surface area contributed by atoms with Crippen LogP contribution in [0.25, 0.3) is 21.9 Å². The normalized spacial score (nSPS) is 15.6. The van der Waals surface area contributed by atoms with Gasteiger partial charge in [0.15, 0.2) is 5.43 Å². The lowest BCUT2D eigenvalue weighted by atomic mass is 10.0. The van der Waals surface area contributed by atoms with Crippen molar-refractivity contribution in [1.29, 1.82) is 0 Å². The minimum Gasteiger partial charge on any atom is -0.460 e. The Morgan fingerprint density at radius 1 is 1.23 bits per heavy atom. The van der Waals surface area contributed by atoms with Gasteiger partial charge < -0.3 is 18.7 Å². The molecule has 8 nitrogen and oxygen atoms in total. The highest BCUT2D eigenvalue weighted by Gasteiger charge is 2.23. The van der Waals surface area contributed by atoms with Gasteiger partial charge in [-0.2, -0.15) is 0 Å². The molecule has 4 aromatic heterocycles. The summed E-state index contributed by atoms with van der Waals surface area (Å²) < 4.78 is 12.9. The highest BCUT2D eigenvalue weighted by Crippen LogP contribution is 2.29. The molecule has 0 aliphatic carbocycles. The molecule has 0 saturated carbocycles. The van der Waals surface area contributed by atoms with E-state index in [9.17, 15) is 9.59 Å². The summed E-state index contributed by atoms with van der Waals surface area (Å²) in [4.78, 5) is 34.0. The zero-order valence-corrected chi connectivity index (χ0v) is 17.3. The molecule has 1 fully saturated rings. The second-order valence-electron chi connectivity index (χ2n) is 7.84. The number of carbonyl (C=O) groups is 1. The van der Waals surface area contributed by atoms with Crippen molar-refractivity contribution >= 4 is 27.9 Å². The Morgan fingerprint density at radius 2 is 2.06 bits per heavy atom. The second kappa shape index (κ2) is 8.03. The second-order valence-corrected chi connectivity index (χ2v) is 7.84. The fraction of sp³-hybridized carbons (Fsp3) is 0.348. The first-order valence-electron chi connectivity index (χ1n) is 10.6. The molecule has 160 valence electrons. The van der Waals surface area contributed by atoms with Gasteiger partial charge in [-0.15, -0.1) is 0 Å². The van der Waals surface area contributed by atoms with Crippen molar-refractivity contribution in [3.05, 3.63) is 64.6 Å². The van der Waals surface area contributed by atoms with E-state index in [1.54, 1.807) is 25.3 Å². The summed E-state index contributed by atoms with van der Waals surface area (Å²) in [5.41, 5.74) is 1.73. The fourth-order valence-electron chi connectivity index (χ4n) is 4.42. The van der Waals surface area contributed by atoms with Crippen LogP contribution in [0.4, 0.5) is 0 Å². The Morgan fingerprint density at radius 3 is 2.87 bits per heavy atom. The minimum absolute atomic E-state index is 0.00508. The van der Waals surface area contributed by atoms with Crippen LogP contribution in [-0.2, 0) is 11.3 Å². The molecule has 1 saturated heterocycles. The number of nitrogens with one attached hydrogen (secondary N) is 1. The molecule has 4 aromatic rings. The van der Waals surface area contributed by atoms with Crippen LogP contribution in [0.5, 0.6) is 0 Å². The lowest BCUT2D eigenvalue weighted by Crippen LogP contribution is -2.34. The number of furan rings is 1. The molecule has 0 atom stereocenters. The lowest BCUT2D eigenvalue weighted by molar-refractivity contribution is 0.0485. The molecule has 0 unspecified atom stereocenters. The molecule has 5 heterocycles. The molecular weight excluding hydrogens is 396 g/mol. The number of esters is 1. The fourth-order valence-corrected chi connectivity index (χ4v) is 4.42. The van der Waals surface area contributed by atoms with E-state index < -0.39 is 5.97 Å². The van der Waals surface area contributed by atoms with Gasteiger partial charge in [0.1, 0.15) is 11.4 Å². The van der Waals surface area contributed by atoms with Crippen molar-refractivity contribution in [3.8, 4) is 0 Å². The predicted molar refractivity (Wildman–Crippen MR) is 116 cm³/mol. The Kier molecular flexibility index (Phi) is 5.07. The van der Waals surface area contributed by atoms with Gasteiger partial charge in [0.2, 0.25) is 5.76 Å². The number of ether oxygens (including phenoxy) is 1.